The van der Waals surface area contributed by atoms with E-state index in [-0.39, 0.29) is 11.5 Å². The second-order valence-corrected chi connectivity index (χ2v) is 17.3. The summed E-state index contributed by atoms with van der Waals surface area (Å²) >= 11 is 0. The molecular weight excluding hydrogens is 705 g/mol. The van der Waals surface area contributed by atoms with Gasteiger partial charge in [-0.25, -0.2) is 5.01 Å². The second kappa shape index (κ2) is 13.6. The van der Waals surface area contributed by atoms with Crippen molar-refractivity contribution < 1.29 is 4.74 Å². The van der Waals surface area contributed by atoms with Crippen LogP contribution >= 0.6 is 0 Å². The van der Waals surface area contributed by atoms with Gasteiger partial charge in [0.25, 0.3) is 0 Å². The van der Waals surface area contributed by atoms with Crippen molar-refractivity contribution in [3.63, 3.8) is 0 Å². The molecule has 2 aliphatic heterocycles. The topological polar surface area (TPSA) is 24.5 Å². The maximum atomic E-state index is 6.12. The van der Waals surface area contributed by atoms with Crippen LogP contribution in [0.3, 0.4) is 0 Å². The zero-order chi connectivity index (χ0) is 38.2. The fraction of sp³-hybridized carbons (Fsp3) is 0.236. The van der Waals surface area contributed by atoms with Gasteiger partial charge in [-0.2, -0.15) is 0 Å². The van der Waals surface area contributed by atoms with Crippen LogP contribution in [-0.4, -0.2) is 17.2 Å². The molecule has 1 N–H and O–H groups in total. The van der Waals surface area contributed by atoms with Gasteiger partial charge < -0.3 is 10.2 Å². The Morgan fingerprint density at radius 3 is 2.38 bits per heavy atom. The summed E-state index contributed by atoms with van der Waals surface area (Å²) in [7, 11) is 0. The van der Waals surface area contributed by atoms with E-state index in [9.17, 15) is 0 Å². The molecule has 0 amide bonds. The van der Waals surface area contributed by atoms with Gasteiger partial charge in [-0.1, -0.05) is 127 Å². The maximum Gasteiger partial charge on any atom is 0.127 e. The van der Waals surface area contributed by atoms with E-state index in [2.05, 4.69) is 162 Å². The zero-order valence-electron chi connectivity index (χ0n) is 33.0. The Morgan fingerprint density at radius 1 is 0.724 bits per heavy atom. The highest BCUT2D eigenvalue weighted by atomic mass is 16.5. The average molecular weight is 753 g/mol. The van der Waals surface area contributed by atoms with Gasteiger partial charge in [-0.3, -0.25) is 0 Å². The molecule has 0 saturated heterocycles. The minimum Gasteiger partial charge on any atom is -0.493 e. The van der Waals surface area contributed by atoms with Crippen molar-refractivity contribution in [3.05, 3.63) is 225 Å². The Balaban J connectivity index is 0.869. The molecule has 3 aromatic rings. The van der Waals surface area contributed by atoms with E-state index in [1.54, 1.807) is 11.1 Å². The molecule has 0 radical (unpaired) electrons. The van der Waals surface area contributed by atoms with E-state index in [4.69, 9.17) is 4.74 Å². The van der Waals surface area contributed by atoms with E-state index in [1.807, 2.05) is 6.26 Å². The van der Waals surface area contributed by atoms with Crippen molar-refractivity contribution in [1.82, 2.24) is 10.4 Å². The summed E-state index contributed by atoms with van der Waals surface area (Å²) in [6.45, 7) is 0.864. The zero-order valence-corrected chi connectivity index (χ0v) is 33.0. The first-order valence-corrected chi connectivity index (χ1v) is 21.6. The Bertz CT molecular complexity index is 2650. The molecule has 0 aromatic heterocycles. The van der Waals surface area contributed by atoms with Gasteiger partial charge in [-0.05, 0) is 153 Å². The molecule has 2 heterocycles. The quantitative estimate of drug-likeness (QED) is 0.271. The highest BCUT2D eigenvalue weighted by molar-refractivity contribution is 5.93. The van der Waals surface area contributed by atoms with Crippen molar-refractivity contribution >= 4 is 11.1 Å². The summed E-state index contributed by atoms with van der Waals surface area (Å²) in [6, 6.07) is 27.9. The Labute approximate surface area is 342 Å². The minimum absolute atomic E-state index is 0.148. The van der Waals surface area contributed by atoms with E-state index in [0.29, 0.717) is 12.0 Å². The molecule has 3 nitrogen and oxygen atoms in total. The van der Waals surface area contributed by atoms with Gasteiger partial charge in [0, 0.05) is 18.9 Å². The fourth-order valence-corrected chi connectivity index (χ4v) is 11.5. The molecule has 9 aliphatic rings. The van der Waals surface area contributed by atoms with Gasteiger partial charge in [0.05, 0.1) is 23.4 Å². The molecule has 4 atom stereocenters. The third-order valence-electron chi connectivity index (χ3n) is 14.2. The number of allylic oxidation sites excluding steroid dienone is 16. The second-order valence-electron chi connectivity index (χ2n) is 17.3. The van der Waals surface area contributed by atoms with Crippen LogP contribution in [0.2, 0.25) is 0 Å². The predicted molar refractivity (Wildman–Crippen MR) is 237 cm³/mol. The highest BCUT2D eigenvalue weighted by Gasteiger charge is 2.55. The van der Waals surface area contributed by atoms with Crippen LogP contribution in [0.1, 0.15) is 73.6 Å². The number of hydrogen-bond donors (Lipinski definition) is 1. The Morgan fingerprint density at radius 2 is 1.53 bits per heavy atom. The number of ether oxygens (including phenoxy) is 1. The molecular formula is C55H48N2O. The van der Waals surface area contributed by atoms with Crippen LogP contribution in [0, 0.1) is 5.92 Å². The summed E-state index contributed by atoms with van der Waals surface area (Å²) in [4.78, 5) is 0. The molecule has 3 aromatic carbocycles. The maximum absolute atomic E-state index is 6.12. The summed E-state index contributed by atoms with van der Waals surface area (Å²) in [5.74, 6) is 0.446. The minimum atomic E-state index is -0.258. The molecule has 1 spiro atoms. The lowest BCUT2D eigenvalue weighted by Gasteiger charge is -2.36. The van der Waals surface area contributed by atoms with Crippen LogP contribution in [0.15, 0.2) is 203 Å². The number of hydrazine groups is 1. The van der Waals surface area contributed by atoms with Gasteiger partial charge in [0.2, 0.25) is 0 Å². The van der Waals surface area contributed by atoms with Crippen molar-refractivity contribution in [2.45, 2.75) is 75.5 Å². The summed E-state index contributed by atoms with van der Waals surface area (Å²) < 4.78 is 6.12. The first-order chi connectivity index (χ1) is 28.7. The van der Waals surface area contributed by atoms with Gasteiger partial charge in [-0.15, -0.1) is 0 Å². The van der Waals surface area contributed by atoms with Crippen LogP contribution < -0.4 is 5.43 Å². The Hall–Kier alpha value is -5.90. The molecule has 4 unspecified atom stereocenters. The van der Waals surface area contributed by atoms with E-state index in [1.165, 1.54) is 78.1 Å². The number of hydrogen-bond acceptors (Lipinski definition) is 3. The van der Waals surface area contributed by atoms with Gasteiger partial charge in [0.15, 0.2) is 0 Å². The Kier molecular flexibility index (Phi) is 8.01. The number of rotatable bonds is 6. The third kappa shape index (κ3) is 5.29. The molecule has 0 fully saturated rings. The smallest absolute Gasteiger partial charge is 0.127 e. The number of benzene rings is 3. The predicted octanol–water partition coefficient (Wildman–Crippen LogP) is 12.4. The molecule has 58 heavy (non-hydrogen) atoms. The van der Waals surface area contributed by atoms with Crippen LogP contribution in [-0.2, 0) is 16.7 Å². The molecule has 0 bridgehead atoms. The van der Waals surface area contributed by atoms with E-state index in [0.717, 1.165) is 57.9 Å². The first kappa shape index (κ1) is 34.2. The molecule has 3 heteroatoms. The van der Waals surface area contributed by atoms with Crippen LogP contribution in [0.4, 0.5) is 0 Å². The number of fused-ring (bicyclic) bond motifs is 8. The van der Waals surface area contributed by atoms with Crippen molar-refractivity contribution in [2.24, 2.45) is 5.92 Å². The van der Waals surface area contributed by atoms with E-state index >= 15 is 0 Å². The number of nitrogens with zero attached hydrogens (tertiary/aromatic N) is 1. The van der Waals surface area contributed by atoms with Crippen LogP contribution in [0.5, 0.6) is 0 Å². The molecule has 284 valence electrons. The molecule has 12 rings (SSSR count). The average Bonchev–Trinajstić information content (AvgIpc) is 4.07. The van der Waals surface area contributed by atoms with Crippen LogP contribution in [0.25, 0.3) is 22.3 Å². The fourth-order valence-electron chi connectivity index (χ4n) is 11.5. The van der Waals surface area contributed by atoms with Crippen molar-refractivity contribution in [2.75, 3.05) is 0 Å². The summed E-state index contributed by atoms with van der Waals surface area (Å²) in [5, 5.41) is 2.44. The SMILES string of the molecule is C1=CCC(C2C=C(C3=CCCC(c4ccc(-c5ccc6c(c5)C5(C7=C(CCC=C7)C7=C5C=C5C=COC5C7)C5=C6CCC=C5)cc4)=C3)NN2Cc2ccccc2)C=C1. The third-order valence-corrected chi connectivity index (χ3v) is 14.2. The highest BCUT2D eigenvalue weighted by Crippen LogP contribution is 2.65. The standard InChI is InChI=1S/C55H48N2O/c1-3-12-36(13-4-1)35-57-53(39-14-5-2-6-15-39)34-52(56-57)42-17-11-16-40(30-42)37-22-24-38(25-23-37)41-26-27-46-44-18-7-9-20-48(44)55(50(46)31-41)49-21-10-8-19-45(49)47-33-54-43(28-29-58-54)32-51(47)55/h1-6,9-10,12-14,17,20-32,34,39,53-54,56H,7-8,11,15-16,18-19,33,35H2. The normalized spacial score (nSPS) is 27.5. The van der Waals surface area contributed by atoms with Crippen molar-refractivity contribution in [1.29, 1.82) is 0 Å². The largest absolute Gasteiger partial charge is 0.493 e. The lowest BCUT2D eigenvalue weighted by molar-refractivity contribution is 0.157. The van der Waals surface area contributed by atoms with Gasteiger partial charge in [0.1, 0.15) is 6.10 Å². The van der Waals surface area contributed by atoms with Gasteiger partial charge >= 0.3 is 0 Å². The monoisotopic (exact) mass is 752 g/mol. The summed E-state index contributed by atoms with van der Waals surface area (Å²) in [6.07, 6.45) is 41.5. The lowest BCUT2D eigenvalue weighted by atomic mass is 9.65. The molecule has 7 aliphatic carbocycles. The number of nitrogens with one attached hydrogen (secondary N) is 1. The van der Waals surface area contributed by atoms with Crippen molar-refractivity contribution in [3.8, 4) is 11.1 Å². The lowest BCUT2D eigenvalue weighted by Crippen LogP contribution is -2.41. The van der Waals surface area contributed by atoms with E-state index < -0.39 is 0 Å². The molecule has 0 saturated carbocycles. The summed E-state index contributed by atoms with van der Waals surface area (Å²) in [5.41, 5.74) is 26.1. The first-order valence-electron chi connectivity index (χ1n) is 21.6.